The minimum atomic E-state index is -0.666. The third kappa shape index (κ3) is 5.28. The number of anilines is 1. The van der Waals surface area contributed by atoms with Crippen LogP contribution in [0.15, 0.2) is 36.4 Å². The predicted molar refractivity (Wildman–Crippen MR) is 123 cm³/mol. The summed E-state index contributed by atoms with van der Waals surface area (Å²) in [5, 5.41) is 14.0. The number of amides is 1. The third-order valence-corrected chi connectivity index (χ3v) is 6.26. The number of halogens is 1. The number of likely N-dealkylation sites (tertiary alicyclic amines) is 1. The van der Waals surface area contributed by atoms with Crippen molar-refractivity contribution in [2.24, 2.45) is 0 Å². The number of hydrogen-bond donors (Lipinski definition) is 2. The lowest BCUT2D eigenvalue weighted by Crippen LogP contribution is -2.49. The Morgan fingerprint density at radius 1 is 1.28 bits per heavy atom. The smallest absolute Gasteiger partial charge is 0.221 e. The van der Waals surface area contributed by atoms with Crippen LogP contribution < -0.4 is 19.5 Å². The highest BCUT2D eigenvalue weighted by Gasteiger charge is 2.42. The van der Waals surface area contributed by atoms with E-state index in [2.05, 4.69) is 10.2 Å². The van der Waals surface area contributed by atoms with Crippen molar-refractivity contribution in [1.82, 2.24) is 4.90 Å². The van der Waals surface area contributed by atoms with E-state index in [1.807, 2.05) is 18.2 Å². The minimum Gasteiger partial charge on any atom is -0.497 e. The van der Waals surface area contributed by atoms with E-state index in [0.717, 1.165) is 43.1 Å². The SMILES string of the molecule is COc1ccc(NC(C)=O)c(OC[C@@H](O)CN2CCC3(CC2)Cc2cc(Cl)ccc2O3)c1. The van der Waals surface area contributed by atoms with Gasteiger partial charge in [-0.2, -0.15) is 0 Å². The zero-order chi connectivity index (χ0) is 22.7. The maximum Gasteiger partial charge on any atom is 0.221 e. The number of hydrogen-bond acceptors (Lipinski definition) is 6. The molecule has 1 fully saturated rings. The topological polar surface area (TPSA) is 80.3 Å². The largest absolute Gasteiger partial charge is 0.497 e. The van der Waals surface area contributed by atoms with Crippen molar-refractivity contribution in [2.75, 3.05) is 38.7 Å². The van der Waals surface area contributed by atoms with Crippen molar-refractivity contribution in [3.05, 3.63) is 47.0 Å². The second-order valence-electron chi connectivity index (χ2n) is 8.52. The molecule has 0 bridgehead atoms. The molecule has 2 heterocycles. The molecule has 0 saturated carbocycles. The fraction of sp³-hybridized carbons (Fsp3) is 0.458. The molecule has 2 N–H and O–H groups in total. The molecule has 2 aliphatic heterocycles. The van der Waals surface area contributed by atoms with Crippen LogP contribution in [0.5, 0.6) is 17.2 Å². The van der Waals surface area contributed by atoms with Gasteiger partial charge in [-0.3, -0.25) is 4.79 Å². The zero-order valence-electron chi connectivity index (χ0n) is 18.4. The van der Waals surface area contributed by atoms with Gasteiger partial charge in [0, 0.05) is 56.9 Å². The normalized spacial score (nSPS) is 18.0. The molecular formula is C24H29ClN2O5. The van der Waals surface area contributed by atoms with Gasteiger partial charge in [0.25, 0.3) is 0 Å². The number of benzene rings is 2. The summed E-state index contributed by atoms with van der Waals surface area (Å²) >= 11 is 6.13. The second-order valence-corrected chi connectivity index (χ2v) is 8.96. The van der Waals surface area contributed by atoms with Gasteiger partial charge in [0.2, 0.25) is 5.91 Å². The van der Waals surface area contributed by atoms with Gasteiger partial charge >= 0.3 is 0 Å². The Morgan fingerprint density at radius 2 is 2.06 bits per heavy atom. The van der Waals surface area contributed by atoms with Gasteiger partial charge in [0.15, 0.2) is 0 Å². The van der Waals surface area contributed by atoms with Crippen LogP contribution in [-0.2, 0) is 11.2 Å². The number of carbonyl (C=O) groups excluding carboxylic acids is 1. The van der Waals surface area contributed by atoms with Crippen LogP contribution in [0.2, 0.25) is 5.02 Å². The number of carbonyl (C=O) groups is 1. The summed E-state index contributed by atoms with van der Waals surface area (Å²) in [7, 11) is 1.57. The first kappa shape index (κ1) is 22.7. The number of nitrogens with zero attached hydrogens (tertiary/aromatic N) is 1. The molecule has 172 valence electrons. The Balaban J connectivity index is 1.28. The number of aliphatic hydroxyl groups is 1. The van der Waals surface area contributed by atoms with Crippen molar-refractivity contribution in [1.29, 1.82) is 0 Å². The fourth-order valence-corrected chi connectivity index (χ4v) is 4.60. The van der Waals surface area contributed by atoms with E-state index in [0.29, 0.717) is 23.7 Å². The molecule has 2 aliphatic rings. The molecule has 8 heteroatoms. The molecule has 2 aromatic rings. The average Bonchev–Trinajstić information content (AvgIpc) is 3.11. The Labute approximate surface area is 193 Å². The van der Waals surface area contributed by atoms with Crippen molar-refractivity contribution in [3.63, 3.8) is 0 Å². The van der Waals surface area contributed by atoms with Crippen molar-refractivity contribution < 1.29 is 24.1 Å². The summed E-state index contributed by atoms with van der Waals surface area (Å²) in [6.07, 6.45) is 2.01. The number of piperidine rings is 1. The highest BCUT2D eigenvalue weighted by Crippen LogP contribution is 2.42. The Hall–Kier alpha value is -2.48. The van der Waals surface area contributed by atoms with Gasteiger partial charge < -0.3 is 29.5 Å². The molecule has 1 spiro atoms. The standard InChI is InChI=1S/C24H29ClN2O5/c1-16(28)26-21-5-4-20(30-2)12-23(21)31-15-19(29)14-27-9-7-24(8-10-27)13-17-11-18(25)3-6-22(17)32-24/h3-6,11-12,19,29H,7-10,13-15H2,1-2H3,(H,26,28)/t19-/m0/s1. The molecule has 1 atom stereocenters. The lowest BCUT2D eigenvalue weighted by atomic mass is 9.87. The lowest BCUT2D eigenvalue weighted by Gasteiger charge is -2.39. The van der Waals surface area contributed by atoms with Gasteiger partial charge in [0.1, 0.15) is 35.6 Å². The maximum atomic E-state index is 11.4. The molecule has 0 aromatic heterocycles. The first-order valence-electron chi connectivity index (χ1n) is 10.8. The van der Waals surface area contributed by atoms with Crippen LogP contribution >= 0.6 is 11.6 Å². The van der Waals surface area contributed by atoms with Crippen molar-refractivity contribution >= 4 is 23.2 Å². The van der Waals surface area contributed by atoms with E-state index >= 15 is 0 Å². The van der Waals surface area contributed by atoms with E-state index < -0.39 is 6.10 Å². The summed E-state index contributed by atoms with van der Waals surface area (Å²) in [5.41, 5.74) is 1.55. The number of fused-ring (bicyclic) bond motifs is 1. The molecule has 4 rings (SSSR count). The van der Waals surface area contributed by atoms with E-state index in [-0.39, 0.29) is 18.1 Å². The highest BCUT2D eigenvalue weighted by atomic mass is 35.5. The summed E-state index contributed by atoms with van der Waals surface area (Å²) < 4.78 is 17.4. The van der Waals surface area contributed by atoms with E-state index in [1.54, 1.807) is 25.3 Å². The van der Waals surface area contributed by atoms with Gasteiger partial charge in [-0.1, -0.05) is 11.6 Å². The Morgan fingerprint density at radius 3 is 2.78 bits per heavy atom. The molecule has 32 heavy (non-hydrogen) atoms. The summed E-state index contributed by atoms with van der Waals surface area (Å²) in [5.74, 6) is 1.82. The summed E-state index contributed by atoms with van der Waals surface area (Å²) in [4.78, 5) is 13.7. The van der Waals surface area contributed by atoms with Crippen LogP contribution in [-0.4, -0.2) is 61.0 Å². The monoisotopic (exact) mass is 460 g/mol. The summed E-state index contributed by atoms with van der Waals surface area (Å²) in [6, 6.07) is 11.0. The first-order chi connectivity index (χ1) is 15.4. The van der Waals surface area contributed by atoms with Crippen LogP contribution in [0.1, 0.15) is 25.3 Å². The number of β-amino-alcohol motifs (C(OH)–C–C–N with tert-alkyl or cyclic N) is 1. The molecule has 2 aromatic carbocycles. The molecule has 1 saturated heterocycles. The average molecular weight is 461 g/mol. The number of ether oxygens (including phenoxy) is 3. The first-order valence-corrected chi connectivity index (χ1v) is 11.2. The zero-order valence-corrected chi connectivity index (χ0v) is 19.2. The number of methoxy groups -OCH3 is 1. The third-order valence-electron chi connectivity index (χ3n) is 6.03. The number of rotatable bonds is 7. The number of aliphatic hydroxyl groups excluding tert-OH is 1. The van der Waals surface area contributed by atoms with Crippen LogP contribution in [0, 0.1) is 0 Å². The van der Waals surface area contributed by atoms with Crippen molar-refractivity contribution in [2.45, 2.75) is 37.9 Å². The van der Waals surface area contributed by atoms with Crippen molar-refractivity contribution in [3.8, 4) is 17.2 Å². The fourth-order valence-electron chi connectivity index (χ4n) is 4.40. The maximum absolute atomic E-state index is 11.4. The lowest BCUT2D eigenvalue weighted by molar-refractivity contribution is -0.114. The molecule has 0 aliphatic carbocycles. The van der Waals surface area contributed by atoms with Crippen LogP contribution in [0.4, 0.5) is 5.69 Å². The van der Waals surface area contributed by atoms with E-state index in [1.165, 1.54) is 12.5 Å². The second kappa shape index (κ2) is 9.57. The van der Waals surface area contributed by atoms with Gasteiger partial charge in [-0.25, -0.2) is 0 Å². The highest BCUT2D eigenvalue weighted by molar-refractivity contribution is 6.30. The quantitative estimate of drug-likeness (QED) is 0.658. The Bertz CT molecular complexity index is 975. The van der Waals surface area contributed by atoms with Gasteiger partial charge in [0.05, 0.1) is 12.8 Å². The van der Waals surface area contributed by atoms with Gasteiger partial charge in [-0.05, 0) is 35.9 Å². The summed E-state index contributed by atoms with van der Waals surface area (Å²) in [6.45, 7) is 3.74. The molecule has 0 unspecified atom stereocenters. The molecule has 1 amide bonds. The molecule has 0 radical (unpaired) electrons. The molecular weight excluding hydrogens is 432 g/mol. The van der Waals surface area contributed by atoms with Crippen LogP contribution in [0.3, 0.4) is 0 Å². The van der Waals surface area contributed by atoms with Crippen LogP contribution in [0.25, 0.3) is 0 Å². The predicted octanol–water partition coefficient (Wildman–Crippen LogP) is 3.52. The molecule has 7 nitrogen and oxygen atoms in total. The van der Waals surface area contributed by atoms with Gasteiger partial charge in [-0.15, -0.1) is 0 Å². The van der Waals surface area contributed by atoms with E-state index in [4.69, 9.17) is 25.8 Å². The minimum absolute atomic E-state index is 0.113. The van der Waals surface area contributed by atoms with E-state index in [9.17, 15) is 9.90 Å². The Kier molecular flexibility index (Phi) is 6.79. The number of nitrogens with one attached hydrogen (secondary N) is 1.